The maximum absolute atomic E-state index is 11.5. The first kappa shape index (κ1) is 21.5. The van der Waals surface area contributed by atoms with Crippen LogP contribution in [0.4, 0.5) is 0 Å². The Bertz CT molecular complexity index is 684. The van der Waals surface area contributed by atoms with E-state index in [9.17, 15) is 5.11 Å². The number of allylic oxidation sites excluding steroid dienone is 2. The van der Waals surface area contributed by atoms with Crippen molar-refractivity contribution in [1.82, 2.24) is 0 Å². The first-order valence-corrected chi connectivity index (χ1v) is 13.6. The van der Waals surface area contributed by atoms with E-state index in [0.717, 1.165) is 30.1 Å². The summed E-state index contributed by atoms with van der Waals surface area (Å²) in [5.41, 5.74) is 2.97. The molecule has 0 aliphatic heterocycles. The molecule has 1 N–H and O–H groups in total. The first-order chi connectivity index (χ1) is 14.2. The summed E-state index contributed by atoms with van der Waals surface area (Å²) in [6, 6.07) is 0. The van der Waals surface area contributed by atoms with E-state index >= 15 is 0 Å². The summed E-state index contributed by atoms with van der Waals surface area (Å²) < 4.78 is 0. The third-order valence-corrected chi connectivity index (χ3v) is 12.2. The second-order valence-electron chi connectivity index (χ2n) is 13.4. The Morgan fingerprint density at radius 1 is 1.00 bits per heavy atom. The Labute approximate surface area is 186 Å². The van der Waals surface area contributed by atoms with Crippen LogP contribution < -0.4 is 0 Å². The maximum Gasteiger partial charge on any atom is 0.0579 e. The Kier molecular flexibility index (Phi) is 5.28. The van der Waals surface area contributed by atoms with Crippen LogP contribution >= 0.6 is 0 Å². The molecule has 30 heavy (non-hydrogen) atoms. The Morgan fingerprint density at radius 2 is 1.73 bits per heavy atom. The summed E-state index contributed by atoms with van der Waals surface area (Å²) >= 11 is 0. The summed E-state index contributed by atoms with van der Waals surface area (Å²) in [4.78, 5) is 0. The highest BCUT2D eigenvalue weighted by atomic mass is 16.3. The van der Waals surface area contributed by atoms with Crippen LogP contribution in [0.5, 0.6) is 0 Å². The van der Waals surface area contributed by atoms with Crippen LogP contribution in [-0.2, 0) is 0 Å². The van der Waals surface area contributed by atoms with Gasteiger partial charge in [-0.15, -0.1) is 0 Å². The van der Waals surface area contributed by atoms with Gasteiger partial charge in [0, 0.05) is 0 Å². The average molecular weight is 413 g/mol. The van der Waals surface area contributed by atoms with E-state index in [4.69, 9.17) is 0 Å². The van der Waals surface area contributed by atoms with Gasteiger partial charge in [-0.1, -0.05) is 65.5 Å². The molecule has 1 nitrogen and oxygen atoms in total. The van der Waals surface area contributed by atoms with Crippen LogP contribution in [0.3, 0.4) is 0 Å². The molecule has 0 amide bonds. The topological polar surface area (TPSA) is 20.2 Å². The van der Waals surface area contributed by atoms with Gasteiger partial charge in [-0.25, -0.2) is 0 Å². The monoisotopic (exact) mass is 412 g/mol. The predicted octanol–water partition coefficient (Wildman–Crippen LogP) is 7.78. The molecular weight excluding hydrogens is 364 g/mol. The molecule has 0 aromatic heterocycles. The standard InChI is InChI=1S/C29H48O/c1-19(27(2,3)20-10-6-7-11-20)26-25(30)18-24-22-14-13-21-12-8-9-16-28(21,4)23(22)15-17-29(24,26)5/h13,19-20,22-26,30H,6-12,14-18H2,1-5H3/t19?,22-,23+,24+,25+,26+,28+,29+/m1/s1. The van der Waals surface area contributed by atoms with Gasteiger partial charge in [-0.05, 0) is 110 Å². The highest BCUT2D eigenvalue weighted by Gasteiger charge is 2.62. The van der Waals surface area contributed by atoms with Crippen molar-refractivity contribution in [3.8, 4) is 0 Å². The molecule has 1 heteroatoms. The number of hydrogen-bond acceptors (Lipinski definition) is 1. The van der Waals surface area contributed by atoms with Crippen molar-refractivity contribution in [2.24, 2.45) is 51.8 Å². The van der Waals surface area contributed by atoms with Gasteiger partial charge in [0.2, 0.25) is 0 Å². The zero-order valence-corrected chi connectivity index (χ0v) is 20.6. The van der Waals surface area contributed by atoms with Crippen LogP contribution in [0, 0.1) is 51.8 Å². The molecule has 0 heterocycles. The fraction of sp³-hybridized carbons (Fsp3) is 0.931. The van der Waals surface area contributed by atoms with Gasteiger partial charge < -0.3 is 5.11 Å². The lowest BCUT2D eigenvalue weighted by atomic mass is 9.46. The summed E-state index contributed by atoms with van der Waals surface area (Å²) in [6.07, 6.45) is 19.0. The second-order valence-corrected chi connectivity index (χ2v) is 13.4. The average Bonchev–Trinajstić information content (AvgIpc) is 3.33. The van der Waals surface area contributed by atoms with Crippen molar-refractivity contribution in [3.63, 3.8) is 0 Å². The molecular formula is C29H48O. The van der Waals surface area contributed by atoms with Gasteiger partial charge in [0.1, 0.15) is 0 Å². The number of hydrogen-bond donors (Lipinski definition) is 1. The molecule has 4 saturated carbocycles. The largest absolute Gasteiger partial charge is 0.393 e. The van der Waals surface area contributed by atoms with Crippen molar-refractivity contribution in [2.45, 2.75) is 118 Å². The number of fused-ring (bicyclic) bond motifs is 5. The third-order valence-electron chi connectivity index (χ3n) is 12.2. The molecule has 0 saturated heterocycles. The van der Waals surface area contributed by atoms with Crippen LogP contribution in [0.15, 0.2) is 11.6 Å². The lowest BCUT2D eigenvalue weighted by Gasteiger charge is -2.58. The van der Waals surface area contributed by atoms with Gasteiger partial charge >= 0.3 is 0 Å². The second kappa shape index (κ2) is 7.36. The van der Waals surface area contributed by atoms with Crippen LogP contribution in [0.2, 0.25) is 0 Å². The molecule has 0 aromatic carbocycles. The van der Waals surface area contributed by atoms with Crippen molar-refractivity contribution >= 4 is 0 Å². The minimum atomic E-state index is -0.0843. The fourth-order valence-corrected chi connectivity index (χ4v) is 10.2. The maximum atomic E-state index is 11.5. The summed E-state index contributed by atoms with van der Waals surface area (Å²) in [7, 11) is 0. The Hall–Kier alpha value is -0.300. The third kappa shape index (κ3) is 2.96. The van der Waals surface area contributed by atoms with Crippen molar-refractivity contribution in [1.29, 1.82) is 0 Å². The molecule has 5 aliphatic rings. The van der Waals surface area contributed by atoms with E-state index < -0.39 is 0 Å². The molecule has 5 aliphatic carbocycles. The SMILES string of the molecule is CC([C@H]1[C@@H](O)C[C@H]2[C@@H]3CC=C4CCCC[C@]4(C)[C@H]3CC[C@@]21C)C(C)(C)C1CCCC1. The first-order valence-electron chi connectivity index (χ1n) is 13.6. The van der Waals surface area contributed by atoms with Crippen molar-refractivity contribution in [2.75, 3.05) is 0 Å². The fourth-order valence-electron chi connectivity index (χ4n) is 10.2. The summed E-state index contributed by atoms with van der Waals surface area (Å²) in [5, 5.41) is 11.5. The highest BCUT2D eigenvalue weighted by Crippen LogP contribution is 2.68. The van der Waals surface area contributed by atoms with Gasteiger partial charge in [0.25, 0.3) is 0 Å². The molecule has 5 rings (SSSR count). The molecule has 0 spiro atoms. The summed E-state index contributed by atoms with van der Waals surface area (Å²) in [5.74, 6) is 4.39. The Balaban J connectivity index is 1.43. The van der Waals surface area contributed by atoms with Crippen molar-refractivity contribution in [3.05, 3.63) is 11.6 Å². The number of rotatable bonds is 3. The molecule has 0 aromatic rings. The zero-order chi connectivity index (χ0) is 21.3. The Morgan fingerprint density at radius 3 is 2.47 bits per heavy atom. The molecule has 1 unspecified atom stereocenters. The quantitative estimate of drug-likeness (QED) is 0.469. The smallest absolute Gasteiger partial charge is 0.0579 e. The number of aliphatic hydroxyl groups is 1. The van der Waals surface area contributed by atoms with Crippen molar-refractivity contribution < 1.29 is 5.11 Å². The van der Waals surface area contributed by atoms with E-state index in [1.165, 1.54) is 70.6 Å². The molecule has 4 fully saturated rings. The lowest BCUT2D eigenvalue weighted by molar-refractivity contribution is -0.0776. The van der Waals surface area contributed by atoms with Gasteiger partial charge in [0.05, 0.1) is 6.10 Å². The predicted molar refractivity (Wildman–Crippen MR) is 126 cm³/mol. The van der Waals surface area contributed by atoms with Gasteiger partial charge in [-0.2, -0.15) is 0 Å². The van der Waals surface area contributed by atoms with Crippen LogP contribution in [-0.4, -0.2) is 11.2 Å². The van der Waals surface area contributed by atoms with Crippen LogP contribution in [0.25, 0.3) is 0 Å². The van der Waals surface area contributed by atoms with E-state index in [-0.39, 0.29) is 6.10 Å². The lowest BCUT2D eigenvalue weighted by Crippen LogP contribution is -2.51. The number of aliphatic hydroxyl groups excluding tert-OH is 1. The zero-order valence-electron chi connectivity index (χ0n) is 20.6. The van der Waals surface area contributed by atoms with Crippen LogP contribution in [0.1, 0.15) is 112 Å². The minimum Gasteiger partial charge on any atom is -0.393 e. The highest BCUT2D eigenvalue weighted by molar-refractivity contribution is 5.25. The normalized spacial score (nSPS) is 47.9. The summed E-state index contributed by atoms with van der Waals surface area (Å²) in [6.45, 7) is 12.8. The molecule has 170 valence electrons. The van der Waals surface area contributed by atoms with E-state index in [1.54, 1.807) is 0 Å². The van der Waals surface area contributed by atoms with Gasteiger partial charge in [0.15, 0.2) is 0 Å². The van der Waals surface area contributed by atoms with Gasteiger partial charge in [-0.3, -0.25) is 0 Å². The minimum absolute atomic E-state index is 0.0843. The molecule has 8 atom stereocenters. The van der Waals surface area contributed by atoms with E-state index in [2.05, 4.69) is 40.7 Å². The van der Waals surface area contributed by atoms with E-state index in [1.807, 2.05) is 5.57 Å². The molecule has 0 bridgehead atoms. The van der Waals surface area contributed by atoms with E-state index in [0.29, 0.717) is 28.1 Å². The molecule has 0 radical (unpaired) electrons.